The molecule has 4 heteroatoms. The Morgan fingerprint density at radius 1 is 1.36 bits per heavy atom. The van der Waals surface area contributed by atoms with Crippen molar-refractivity contribution in [1.82, 2.24) is 9.80 Å². The van der Waals surface area contributed by atoms with Crippen LogP contribution in [0.5, 0.6) is 0 Å². The summed E-state index contributed by atoms with van der Waals surface area (Å²) >= 11 is 0. The van der Waals surface area contributed by atoms with Gasteiger partial charge in [0, 0.05) is 25.7 Å². The zero-order chi connectivity index (χ0) is 15.9. The molecule has 4 nitrogen and oxygen atoms in total. The molecule has 2 rings (SSSR count). The zero-order valence-corrected chi connectivity index (χ0v) is 13.9. The third-order valence-electron chi connectivity index (χ3n) is 4.43. The SMILES string of the molecule is CC(C)N(CC1CCCN(Cc2ccccc2)C1)C(=O)CN. The molecule has 122 valence electrons. The summed E-state index contributed by atoms with van der Waals surface area (Å²) in [5, 5.41) is 0. The number of carbonyl (C=O) groups excluding carboxylic acids is 1. The minimum atomic E-state index is 0.0650. The van der Waals surface area contributed by atoms with Gasteiger partial charge in [-0.3, -0.25) is 9.69 Å². The number of likely N-dealkylation sites (tertiary alicyclic amines) is 1. The lowest BCUT2D eigenvalue weighted by atomic mass is 9.96. The van der Waals surface area contributed by atoms with E-state index < -0.39 is 0 Å². The first-order chi connectivity index (χ1) is 10.6. The second-order valence-corrected chi connectivity index (χ2v) is 6.57. The maximum Gasteiger partial charge on any atom is 0.236 e. The van der Waals surface area contributed by atoms with Crippen molar-refractivity contribution in [1.29, 1.82) is 0 Å². The molecule has 1 unspecified atom stereocenters. The topological polar surface area (TPSA) is 49.6 Å². The van der Waals surface area contributed by atoms with Crippen LogP contribution in [0.15, 0.2) is 30.3 Å². The molecule has 1 atom stereocenters. The average Bonchev–Trinajstić information content (AvgIpc) is 2.53. The molecule has 0 saturated carbocycles. The second-order valence-electron chi connectivity index (χ2n) is 6.57. The van der Waals surface area contributed by atoms with Gasteiger partial charge in [-0.05, 0) is 44.7 Å². The largest absolute Gasteiger partial charge is 0.339 e. The standard InChI is InChI=1S/C18H29N3O/c1-15(2)21(18(22)11-19)14-17-9-6-10-20(13-17)12-16-7-4-3-5-8-16/h3-5,7-8,15,17H,6,9-14,19H2,1-2H3. The van der Waals surface area contributed by atoms with Crippen LogP contribution in [-0.4, -0.2) is 47.9 Å². The van der Waals surface area contributed by atoms with Gasteiger partial charge in [0.2, 0.25) is 5.91 Å². The molecule has 1 fully saturated rings. The summed E-state index contributed by atoms with van der Waals surface area (Å²) in [7, 11) is 0. The van der Waals surface area contributed by atoms with Gasteiger partial charge in [-0.15, -0.1) is 0 Å². The highest BCUT2D eigenvalue weighted by molar-refractivity contribution is 5.78. The Bertz CT molecular complexity index is 461. The molecule has 1 saturated heterocycles. The predicted octanol–water partition coefficient (Wildman–Crippen LogP) is 2.09. The quantitative estimate of drug-likeness (QED) is 0.875. The number of piperidine rings is 1. The number of nitrogens with two attached hydrogens (primary N) is 1. The summed E-state index contributed by atoms with van der Waals surface area (Å²) in [6, 6.07) is 10.8. The van der Waals surface area contributed by atoms with Gasteiger partial charge in [-0.2, -0.15) is 0 Å². The molecule has 1 amide bonds. The normalized spacial score (nSPS) is 19.4. The molecular weight excluding hydrogens is 274 g/mol. The minimum Gasteiger partial charge on any atom is -0.339 e. The van der Waals surface area contributed by atoms with Crippen LogP contribution in [0.4, 0.5) is 0 Å². The fraction of sp³-hybridized carbons (Fsp3) is 0.611. The highest BCUT2D eigenvalue weighted by atomic mass is 16.2. The van der Waals surface area contributed by atoms with E-state index in [0.717, 1.165) is 26.2 Å². The van der Waals surface area contributed by atoms with E-state index in [2.05, 4.69) is 49.1 Å². The minimum absolute atomic E-state index is 0.0650. The fourth-order valence-corrected chi connectivity index (χ4v) is 3.28. The van der Waals surface area contributed by atoms with Crippen LogP contribution in [0, 0.1) is 5.92 Å². The Morgan fingerprint density at radius 2 is 2.09 bits per heavy atom. The second kappa shape index (κ2) is 8.30. The van der Waals surface area contributed by atoms with E-state index in [0.29, 0.717) is 5.92 Å². The molecular formula is C18H29N3O. The van der Waals surface area contributed by atoms with Gasteiger partial charge in [0.05, 0.1) is 6.54 Å². The third-order valence-corrected chi connectivity index (χ3v) is 4.43. The smallest absolute Gasteiger partial charge is 0.236 e. The molecule has 0 aromatic heterocycles. The van der Waals surface area contributed by atoms with E-state index >= 15 is 0 Å². The van der Waals surface area contributed by atoms with Crippen molar-refractivity contribution in [2.75, 3.05) is 26.2 Å². The van der Waals surface area contributed by atoms with Crippen molar-refractivity contribution in [2.45, 2.75) is 39.3 Å². The Hall–Kier alpha value is -1.39. The number of carbonyl (C=O) groups is 1. The summed E-state index contributed by atoms with van der Waals surface area (Å²) in [5.41, 5.74) is 6.91. The monoisotopic (exact) mass is 303 g/mol. The van der Waals surface area contributed by atoms with Crippen LogP contribution < -0.4 is 5.73 Å². The summed E-state index contributed by atoms with van der Waals surface area (Å²) in [6.45, 7) is 8.30. The van der Waals surface area contributed by atoms with E-state index in [1.807, 2.05) is 4.90 Å². The van der Waals surface area contributed by atoms with Crippen LogP contribution >= 0.6 is 0 Å². The van der Waals surface area contributed by atoms with Crippen LogP contribution in [0.2, 0.25) is 0 Å². The number of amides is 1. The molecule has 0 bridgehead atoms. The number of hydrogen-bond donors (Lipinski definition) is 1. The Labute approximate surface area is 134 Å². The lowest BCUT2D eigenvalue weighted by molar-refractivity contribution is -0.132. The van der Waals surface area contributed by atoms with Crippen LogP contribution in [-0.2, 0) is 11.3 Å². The Kier molecular flexibility index (Phi) is 6.40. The van der Waals surface area contributed by atoms with Crippen LogP contribution in [0.1, 0.15) is 32.3 Å². The average molecular weight is 303 g/mol. The maximum absolute atomic E-state index is 12.0. The van der Waals surface area contributed by atoms with E-state index in [1.165, 1.54) is 18.4 Å². The molecule has 1 heterocycles. The molecule has 1 aromatic carbocycles. The van der Waals surface area contributed by atoms with E-state index in [1.54, 1.807) is 0 Å². The van der Waals surface area contributed by atoms with Gasteiger partial charge >= 0.3 is 0 Å². The highest BCUT2D eigenvalue weighted by Crippen LogP contribution is 2.20. The van der Waals surface area contributed by atoms with Crippen molar-refractivity contribution in [2.24, 2.45) is 11.7 Å². The van der Waals surface area contributed by atoms with Crippen LogP contribution in [0.25, 0.3) is 0 Å². The van der Waals surface area contributed by atoms with Gasteiger partial charge in [0.15, 0.2) is 0 Å². The van der Waals surface area contributed by atoms with Gasteiger partial charge in [-0.1, -0.05) is 30.3 Å². The van der Waals surface area contributed by atoms with Crippen molar-refractivity contribution < 1.29 is 4.79 Å². The fourth-order valence-electron chi connectivity index (χ4n) is 3.28. The van der Waals surface area contributed by atoms with E-state index in [4.69, 9.17) is 5.73 Å². The first-order valence-corrected chi connectivity index (χ1v) is 8.36. The molecule has 0 spiro atoms. The number of nitrogens with zero attached hydrogens (tertiary/aromatic N) is 2. The number of hydrogen-bond acceptors (Lipinski definition) is 3. The van der Waals surface area contributed by atoms with Crippen molar-refractivity contribution in [3.63, 3.8) is 0 Å². The predicted molar refractivity (Wildman–Crippen MR) is 90.3 cm³/mol. The first kappa shape index (κ1) is 17.0. The number of benzene rings is 1. The molecule has 1 aromatic rings. The van der Waals surface area contributed by atoms with Gasteiger partial charge < -0.3 is 10.6 Å². The summed E-state index contributed by atoms with van der Waals surface area (Å²) in [4.78, 5) is 16.4. The highest BCUT2D eigenvalue weighted by Gasteiger charge is 2.25. The third kappa shape index (κ3) is 4.82. The molecule has 2 N–H and O–H groups in total. The van der Waals surface area contributed by atoms with Crippen molar-refractivity contribution >= 4 is 5.91 Å². The maximum atomic E-state index is 12.0. The van der Waals surface area contributed by atoms with Gasteiger partial charge in [-0.25, -0.2) is 0 Å². The van der Waals surface area contributed by atoms with E-state index in [-0.39, 0.29) is 18.5 Å². The van der Waals surface area contributed by atoms with Gasteiger partial charge in [0.1, 0.15) is 0 Å². The zero-order valence-electron chi connectivity index (χ0n) is 13.9. The van der Waals surface area contributed by atoms with Crippen LogP contribution in [0.3, 0.4) is 0 Å². The van der Waals surface area contributed by atoms with Crippen molar-refractivity contribution in [3.05, 3.63) is 35.9 Å². The lowest BCUT2D eigenvalue weighted by Gasteiger charge is -2.37. The first-order valence-electron chi connectivity index (χ1n) is 8.36. The Morgan fingerprint density at radius 3 is 2.73 bits per heavy atom. The van der Waals surface area contributed by atoms with Crippen molar-refractivity contribution in [3.8, 4) is 0 Å². The van der Waals surface area contributed by atoms with Gasteiger partial charge in [0.25, 0.3) is 0 Å². The Balaban J connectivity index is 1.91. The number of rotatable bonds is 6. The lowest BCUT2D eigenvalue weighted by Crippen LogP contribution is -2.47. The molecule has 0 aliphatic carbocycles. The molecule has 1 aliphatic rings. The molecule has 1 aliphatic heterocycles. The summed E-state index contributed by atoms with van der Waals surface area (Å²) < 4.78 is 0. The molecule has 22 heavy (non-hydrogen) atoms. The summed E-state index contributed by atoms with van der Waals surface area (Å²) in [5.74, 6) is 0.616. The summed E-state index contributed by atoms with van der Waals surface area (Å²) in [6.07, 6.45) is 2.41. The molecule has 0 radical (unpaired) electrons. The van der Waals surface area contributed by atoms with E-state index in [9.17, 15) is 4.79 Å².